The Hall–Kier alpha value is -6.86. The molecular weight excluding hydrogens is 1170 g/mol. The average Bonchev–Trinajstić information content (AvgIpc) is 0.948. The van der Waals surface area contributed by atoms with E-state index in [9.17, 15) is 0 Å². The van der Waals surface area contributed by atoms with Gasteiger partial charge in [-0.3, -0.25) is 0 Å². The zero-order chi connectivity index (χ0) is 68.2. The molecule has 0 atom stereocenters. The highest BCUT2D eigenvalue weighted by Crippen LogP contribution is 2.30. The summed E-state index contributed by atoms with van der Waals surface area (Å²) in [5.41, 5.74) is 64.8. The number of hydrogen-bond donors (Lipinski definition) is 9. The number of fused-ring (bicyclic) bond motifs is 5. The molecule has 9 nitrogen and oxygen atoms in total. The lowest BCUT2D eigenvalue weighted by Crippen LogP contribution is -2.03. The molecule has 0 fully saturated rings. The number of aryl methyl sites for hydroxylation is 9. The molecule has 0 unspecified atom stereocenters. The molecular formula is C87H123N9. The third-order valence-electron chi connectivity index (χ3n) is 18.8. The first-order valence-corrected chi connectivity index (χ1v) is 37.1. The molecule has 0 bridgehead atoms. The predicted molar refractivity (Wildman–Crippen MR) is 422 cm³/mol. The maximum Gasteiger partial charge on any atom is -0.00365 e. The second kappa shape index (κ2) is 47.2. The Bertz CT molecular complexity index is 3740. The average molecular weight is 1300 g/mol. The molecule has 0 aliphatic heterocycles. The van der Waals surface area contributed by atoms with Gasteiger partial charge in [0.2, 0.25) is 0 Å². The first-order valence-electron chi connectivity index (χ1n) is 37.1. The summed E-state index contributed by atoms with van der Waals surface area (Å²) in [4.78, 5) is 0. The largest absolute Gasteiger partial charge is 0.330 e. The van der Waals surface area contributed by atoms with Crippen molar-refractivity contribution in [3.8, 4) is 0 Å². The van der Waals surface area contributed by atoms with Crippen molar-refractivity contribution < 1.29 is 0 Å². The van der Waals surface area contributed by atoms with E-state index in [4.69, 9.17) is 51.6 Å². The van der Waals surface area contributed by atoms with Crippen LogP contribution < -0.4 is 51.6 Å². The van der Waals surface area contributed by atoms with Gasteiger partial charge in [-0.15, -0.1) is 0 Å². The van der Waals surface area contributed by atoms with Gasteiger partial charge in [0.1, 0.15) is 0 Å². The van der Waals surface area contributed by atoms with Crippen molar-refractivity contribution >= 4 is 53.9 Å². The van der Waals surface area contributed by atoms with Gasteiger partial charge in [0.05, 0.1) is 0 Å². The van der Waals surface area contributed by atoms with E-state index < -0.39 is 0 Å². The van der Waals surface area contributed by atoms with Crippen LogP contribution in [0, 0.1) is 0 Å². The minimum Gasteiger partial charge on any atom is -0.330 e. The van der Waals surface area contributed by atoms with E-state index in [1.165, 1.54) is 167 Å². The van der Waals surface area contributed by atoms with Crippen molar-refractivity contribution in [1.82, 2.24) is 0 Å². The molecule has 0 saturated carbocycles. The molecule has 0 radical (unpaired) electrons. The second-order valence-electron chi connectivity index (χ2n) is 25.9. The molecule has 10 rings (SSSR count). The monoisotopic (exact) mass is 1290 g/mol. The van der Waals surface area contributed by atoms with Crippen LogP contribution in [0.5, 0.6) is 0 Å². The third-order valence-corrected chi connectivity index (χ3v) is 18.8. The van der Waals surface area contributed by atoms with E-state index in [1.54, 1.807) is 0 Å². The first kappa shape index (κ1) is 78.1. The molecule has 0 heterocycles. The fourth-order valence-corrected chi connectivity index (χ4v) is 13.4. The van der Waals surface area contributed by atoms with Crippen LogP contribution in [0.25, 0.3) is 53.9 Å². The molecule has 10 aromatic carbocycles. The summed E-state index contributed by atoms with van der Waals surface area (Å²) in [5, 5.41) is 14.0. The topological polar surface area (TPSA) is 234 Å². The molecule has 0 spiro atoms. The minimum atomic E-state index is 0.708. The van der Waals surface area contributed by atoms with Crippen molar-refractivity contribution in [2.45, 2.75) is 180 Å². The summed E-state index contributed by atoms with van der Waals surface area (Å²) in [6, 6.07) is 66.6. The normalized spacial score (nSPS) is 11.1. The number of nitrogens with two attached hydrogens (primary N) is 9. The highest BCUT2D eigenvalue weighted by molar-refractivity contribution is 5.92. The highest BCUT2D eigenvalue weighted by Gasteiger charge is 2.11. The van der Waals surface area contributed by atoms with Crippen LogP contribution in [0.2, 0.25) is 0 Å². The molecule has 0 aliphatic carbocycles. The zero-order valence-electron chi connectivity index (χ0n) is 59.0. The lowest BCUT2D eigenvalue weighted by Gasteiger charge is -2.11. The number of unbranched alkanes of at least 4 members (excludes halogenated alkanes) is 9. The molecule has 0 amide bonds. The predicted octanol–water partition coefficient (Wildman–Crippen LogP) is 16.9. The van der Waals surface area contributed by atoms with E-state index in [1.807, 2.05) is 0 Å². The van der Waals surface area contributed by atoms with Crippen LogP contribution in [0.3, 0.4) is 0 Å². The summed E-state index contributed by atoms with van der Waals surface area (Å²) in [6.07, 6.45) is 30.7. The first-order chi connectivity index (χ1) is 47.3. The van der Waals surface area contributed by atoms with Crippen molar-refractivity contribution in [3.63, 3.8) is 0 Å². The fraction of sp³-hybridized carbons (Fsp3) is 0.425. The molecule has 0 saturated heterocycles. The Morgan fingerprint density at radius 2 is 0.312 bits per heavy atom. The fourth-order valence-electron chi connectivity index (χ4n) is 13.4. The van der Waals surface area contributed by atoms with Gasteiger partial charge in [-0.05, 0) is 322 Å². The van der Waals surface area contributed by atoms with E-state index >= 15 is 0 Å². The van der Waals surface area contributed by atoms with Gasteiger partial charge in [0, 0.05) is 0 Å². The molecule has 10 aromatic rings. The minimum absolute atomic E-state index is 0.708. The van der Waals surface area contributed by atoms with Crippen molar-refractivity contribution in [2.24, 2.45) is 51.6 Å². The Kier molecular flexibility index (Phi) is 38.4. The van der Waals surface area contributed by atoms with Crippen LogP contribution in [-0.4, -0.2) is 58.9 Å². The Morgan fingerprint density at radius 1 is 0.156 bits per heavy atom. The summed E-state index contributed by atoms with van der Waals surface area (Å²) in [7, 11) is 0. The van der Waals surface area contributed by atoms with Gasteiger partial charge >= 0.3 is 0 Å². The number of rotatable bonds is 36. The smallest absolute Gasteiger partial charge is 0.00365 e. The summed E-state index contributed by atoms with van der Waals surface area (Å²) >= 11 is 0. The van der Waals surface area contributed by atoms with Crippen molar-refractivity contribution in [2.75, 3.05) is 58.9 Å². The van der Waals surface area contributed by atoms with E-state index in [2.05, 4.69) is 189 Å². The molecule has 0 aliphatic rings. The van der Waals surface area contributed by atoms with Crippen LogP contribution in [0.15, 0.2) is 182 Å². The maximum absolute atomic E-state index is 5.69. The third kappa shape index (κ3) is 25.5. The Balaban J connectivity index is 0.000000190. The Morgan fingerprint density at radius 3 is 0.500 bits per heavy atom. The maximum atomic E-state index is 5.69. The van der Waals surface area contributed by atoms with Crippen molar-refractivity contribution in [1.29, 1.82) is 0 Å². The summed E-state index contributed by atoms with van der Waals surface area (Å²) in [5.74, 6) is 0. The number of hydrogen-bond acceptors (Lipinski definition) is 9. The molecule has 9 heteroatoms. The lowest BCUT2D eigenvalue weighted by atomic mass is 9.94. The van der Waals surface area contributed by atoms with E-state index in [-0.39, 0.29) is 0 Å². The molecule has 0 aromatic heterocycles. The van der Waals surface area contributed by atoms with E-state index in [0.29, 0.717) is 6.54 Å². The van der Waals surface area contributed by atoms with Gasteiger partial charge in [-0.2, -0.15) is 0 Å². The van der Waals surface area contributed by atoms with Gasteiger partial charge in [-0.1, -0.05) is 208 Å². The quantitative estimate of drug-likeness (QED) is 0.0170. The van der Waals surface area contributed by atoms with E-state index in [0.717, 1.165) is 168 Å². The van der Waals surface area contributed by atoms with Gasteiger partial charge in [0.25, 0.3) is 0 Å². The number of benzene rings is 10. The lowest BCUT2D eigenvalue weighted by molar-refractivity contribution is 0.688. The van der Waals surface area contributed by atoms with Crippen LogP contribution in [0.4, 0.5) is 0 Å². The molecule has 18 N–H and O–H groups in total. The zero-order valence-corrected chi connectivity index (χ0v) is 59.0. The van der Waals surface area contributed by atoms with Crippen LogP contribution in [0.1, 0.15) is 172 Å². The van der Waals surface area contributed by atoms with Gasteiger partial charge < -0.3 is 51.6 Å². The Labute approximate surface area is 579 Å². The summed E-state index contributed by atoms with van der Waals surface area (Å²) < 4.78 is 0. The SMILES string of the molecule is CCc1ccc(CCCCN)c2ccccc12.NCCCCCc1ccc(CCCCN)c2ccccc12.NCCCCCc1ccc(CCCN)c2ccccc12.NCCCCCc1ccc(CCN)c2ccccc12.NCCCCc1ccc(CCCN)c2ccccc12. The van der Waals surface area contributed by atoms with Crippen LogP contribution >= 0.6 is 0 Å². The summed E-state index contributed by atoms with van der Waals surface area (Å²) in [6.45, 7) is 9.22. The van der Waals surface area contributed by atoms with Crippen molar-refractivity contribution in [3.05, 3.63) is 238 Å². The molecule has 516 valence electrons. The van der Waals surface area contributed by atoms with Gasteiger partial charge in [0.15, 0.2) is 0 Å². The highest BCUT2D eigenvalue weighted by atomic mass is 14.5. The van der Waals surface area contributed by atoms with Gasteiger partial charge in [-0.25, -0.2) is 0 Å². The van der Waals surface area contributed by atoms with Crippen LogP contribution in [-0.2, 0) is 64.2 Å². The second-order valence-corrected chi connectivity index (χ2v) is 25.9. The standard InChI is InChI=1S/C19H28N2.C18H26N2.2C17H24N2.C16H21N/c20-14-6-1-2-8-16-12-13-17(9-5-7-15-21)19-11-4-3-10-18(16)19;19-13-5-1-2-7-15-11-12-16(8-6-14-20)18-10-4-3-9-17(15)18;18-12-4-3-6-14-10-11-15(7-5-13-19)17-9-2-1-8-16(14)17;18-12-5-1-2-6-14-9-10-15(11-13-19)17-8-4-3-7-16(14)17;1-2-13-10-11-14(7-5-6-12-17)16-9-4-3-8-15(13)16/h3-4,10-13H,1-2,5-9,14-15,20-21H2;3-4,9-12H,1-2,5-8,13-14,19-20H2;1-2,8-11H,3-7,12-13,18-19H2;3-4,7-10H,1-2,5-6,11-13,18-19H2;3-4,8-11H,2,5-7,12,17H2,1H3. The molecule has 96 heavy (non-hydrogen) atoms.